The Bertz CT molecular complexity index is 1270. The third-order valence-corrected chi connectivity index (χ3v) is 6.35. The molecule has 0 unspecified atom stereocenters. The predicted octanol–water partition coefficient (Wildman–Crippen LogP) is 4.43. The first-order chi connectivity index (χ1) is 20.9. The number of nitrogens with one attached hydrogen (secondary N) is 2. The minimum atomic E-state index is -0.719. The molecule has 0 bridgehead atoms. The number of para-hydroxylation sites is 1. The number of ether oxygens (including phenoxy) is 2. The highest BCUT2D eigenvalue weighted by Gasteiger charge is 2.20. The number of phenols is 1. The van der Waals surface area contributed by atoms with Crippen LogP contribution in [0.4, 0.5) is 16.2 Å². The maximum Gasteiger partial charge on any atom is 0.359 e. The van der Waals surface area contributed by atoms with Crippen molar-refractivity contribution in [3.8, 4) is 5.75 Å². The van der Waals surface area contributed by atoms with Gasteiger partial charge < -0.3 is 40.3 Å². The third-order valence-electron chi connectivity index (χ3n) is 6.35. The fraction of sp³-hybridized carbons (Fsp3) is 0.375. The van der Waals surface area contributed by atoms with Crippen LogP contribution in [-0.2, 0) is 32.3 Å². The van der Waals surface area contributed by atoms with Crippen LogP contribution in [0.15, 0.2) is 72.8 Å². The van der Waals surface area contributed by atoms with Gasteiger partial charge in [-0.15, -0.1) is 5.06 Å². The van der Waals surface area contributed by atoms with Gasteiger partial charge in [0.05, 0.1) is 38.2 Å². The van der Waals surface area contributed by atoms with Gasteiger partial charge in [0.15, 0.2) is 0 Å². The van der Waals surface area contributed by atoms with Crippen molar-refractivity contribution in [2.45, 2.75) is 45.5 Å². The van der Waals surface area contributed by atoms with E-state index in [1.54, 1.807) is 54.6 Å². The molecule has 0 spiro atoms. The Kier molecular flexibility index (Phi) is 14.4. The fourth-order valence-corrected chi connectivity index (χ4v) is 4.15. The molecule has 0 saturated carbocycles. The first kappa shape index (κ1) is 33.5. The molecule has 3 rings (SSSR count). The Balaban J connectivity index is 1.27. The lowest BCUT2D eigenvalue weighted by Crippen LogP contribution is -2.36. The van der Waals surface area contributed by atoms with Crippen molar-refractivity contribution in [3.63, 3.8) is 0 Å². The summed E-state index contributed by atoms with van der Waals surface area (Å²) in [6.45, 7) is 3.86. The molecule has 0 aliphatic rings. The Hall–Kier alpha value is -4.00. The number of aliphatic hydroxyl groups excluding tert-OH is 2. The van der Waals surface area contributed by atoms with E-state index in [4.69, 9.17) is 14.3 Å². The Morgan fingerprint density at radius 2 is 1.70 bits per heavy atom. The molecule has 11 heteroatoms. The number of hydrogen-bond donors (Lipinski definition) is 5. The summed E-state index contributed by atoms with van der Waals surface area (Å²) in [5.41, 5.74) is 2.80. The number of aliphatic hydroxyl groups is 2. The summed E-state index contributed by atoms with van der Waals surface area (Å²) in [5, 5.41) is 36.0. The van der Waals surface area contributed by atoms with Gasteiger partial charge in [0.1, 0.15) is 5.75 Å². The van der Waals surface area contributed by atoms with Crippen molar-refractivity contribution in [3.05, 3.63) is 89.5 Å². The van der Waals surface area contributed by atoms with E-state index in [-0.39, 0.29) is 12.4 Å². The maximum atomic E-state index is 12.8. The summed E-state index contributed by atoms with van der Waals surface area (Å²) in [4.78, 5) is 29.6. The smallest absolute Gasteiger partial charge is 0.359 e. The average molecular weight is 596 g/mol. The number of unbranched alkanes of at least 4 members (excludes halogenated alkanes) is 2. The summed E-state index contributed by atoms with van der Waals surface area (Å²) < 4.78 is 11.4. The number of carbonyl (C=O) groups is 2. The lowest BCUT2D eigenvalue weighted by Gasteiger charge is -2.21. The number of hydrogen-bond acceptors (Lipinski definition) is 9. The van der Waals surface area contributed by atoms with Gasteiger partial charge in [0, 0.05) is 31.3 Å². The number of carbonyl (C=O) groups excluding carboxylic acids is 2. The summed E-state index contributed by atoms with van der Waals surface area (Å²) in [6.07, 6.45) is 2.10. The van der Waals surface area contributed by atoms with Crippen LogP contribution in [-0.4, -0.2) is 60.2 Å². The molecular formula is C32H41N3O8. The van der Waals surface area contributed by atoms with Crippen LogP contribution in [0.2, 0.25) is 0 Å². The van der Waals surface area contributed by atoms with Crippen molar-refractivity contribution < 1.29 is 39.2 Å². The van der Waals surface area contributed by atoms with E-state index in [1.165, 1.54) is 13.0 Å². The minimum absolute atomic E-state index is 0.0152. The summed E-state index contributed by atoms with van der Waals surface area (Å²) in [7, 11) is 0. The Labute approximate surface area is 252 Å². The van der Waals surface area contributed by atoms with Crippen LogP contribution in [0.25, 0.3) is 0 Å². The van der Waals surface area contributed by atoms with Gasteiger partial charge in [-0.3, -0.25) is 0 Å². The molecule has 3 aromatic rings. The Morgan fingerprint density at radius 3 is 2.47 bits per heavy atom. The van der Waals surface area contributed by atoms with Gasteiger partial charge in [0.25, 0.3) is 0 Å². The Morgan fingerprint density at radius 1 is 0.907 bits per heavy atom. The van der Waals surface area contributed by atoms with Crippen LogP contribution >= 0.6 is 0 Å². The SMILES string of the molecule is CC(=O)ON(C(=O)Nc1ccccc1)c1cccc(COCCOCCCCCNC[C@H](O)c2ccc(O)c(CO)c2)c1. The van der Waals surface area contributed by atoms with Gasteiger partial charge in [-0.05, 0) is 73.3 Å². The van der Waals surface area contributed by atoms with Crippen molar-refractivity contribution in [2.75, 3.05) is 43.3 Å². The molecule has 232 valence electrons. The van der Waals surface area contributed by atoms with Gasteiger partial charge >= 0.3 is 12.0 Å². The fourth-order valence-electron chi connectivity index (χ4n) is 4.15. The topological polar surface area (TPSA) is 150 Å². The molecule has 0 aliphatic carbocycles. The van der Waals surface area contributed by atoms with E-state index in [0.29, 0.717) is 55.5 Å². The highest BCUT2D eigenvalue weighted by Crippen LogP contribution is 2.22. The zero-order chi connectivity index (χ0) is 30.9. The molecule has 0 radical (unpaired) electrons. The summed E-state index contributed by atoms with van der Waals surface area (Å²) in [5.74, 6) is -0.609. The van der Waals surface area contributed by atoms with E-state index >= 15 is 0 Å². The molecule has 0 fully saturated rings. The number of aromatic hydroxyl groups is 1. The molecule has 2 amide bonds. The average Bonchev–Trinajstić information content (AvgIpc) is 3.01. The number of urea groups is 1. The molecule has 5 N–H and O–H groups in total. The molecule has 0 aromatic heterocycles. The molecule has 11 nitrogen and oxygen atoms in total. The van der Waals surface area contributed by atoms with E-state index in [0.717, 1.165) is 36.4 Å². The molecular weight excluding hydrogens is 554 g/mol. The third kappa shape index (κ3) is 12.0. The number of benzene rings is 3. The number of anilines is 2. The zero-order valence-electron chi connectivity index (χ0n) is 24.4. The van der Waals surface area contributed by atoms with Crippen LogP contribution < -0.4 is 15.7 Å². The molecule has 0 heterocycles. The van der Waals surface area contributed by atoms with E-state index in [1.807, 2.05) is 12.1 Å². The molecule has 3 aromatic carbocycles. The second-order valence-corrected chi connectivity index (χ2v) is 9.84. The van der Waals surface area contributed by atoms with Gasteiger partial charge in [-0.2, -0.15) is 0 Å². The van der Waals surface area contributed by atoms with Gasteiger partial charge in [-0.25, -0.2) is 9.59 Å². The van der Waals surface area contributed by atoms with Crippen molar-refractivity contribution in [1.29, 1.82) is 0 Å². The first-order valence-corrected chi connectivity index (χ1v) is 14.3. The highest BCUT2D eigenvalue weighted by molar-refractivity contribution is 6.01. The van der Waals surface area contributed by atoms with E-state index in [9.17, 15) is 24.9 Å². The second kappa shape index (κ2) is 18.5. The van der Waals surface area contributed by atoms with Crippen LogP contribution in [0, 0.1) is 0 Å². The molecule has 0 saturated heterocycles. The summed E-state index contributed by atoms with van der Waals surface area (Å²) in [6, 6.07) is 20.0. The van der Waals surface area contributed by atoms with E-state index < -0.39 is 18.1 Å². The number of nitrogens with zero attached hydrogens (tertiary/aromatic N) is 1. The predicted molar refractivity (Wildman–Crippen MR) is 162 cm³/mol. The van der Waals surface area contributed by atoms with Crippen molar-refractivity contribution in [1.82, 2.24) is 5.32 Å². The number of rotatable bonds is 17. The number of amides is 2. The van der Waals surface area contributed by atoms with E-state index in [2.05, 4.69) is 10.6 Å². The quantitative estimate of drug-likeness (QED) is 0.113. The molecule has 43 heavy (non-hydrogen) atoms. The summed E-state index contributed by atoms with van der Waals surface area (Å²) >= 11 is 0. The first-order valence-electron chi connectivity index (χ1n) is 14.3. The van der Waals surface area contributed by atoms with Crippen LogP contribution in [0.1, 0.15) is 49.0 Å². The van der Waals surface area contributed by atoms with Crippen LogP contribution in [0.3, 0.4) is 0 Å². The monoisotopic (exact) mass is 595 g/mol. The standard InChI is InChI=1S/C32H41N3O8/c1-24(37)43-35(32(40)34-28-10-4-2-5-11-28)29-12-8-9-25(19-29)23-42-18-17-41-16-7-3-6-15-33-21-31(39)26-13-14-30(38)27(20-26)22-36/h2,4-5,8-14,19-20,31,33,36,38-39H,3,6-7,15-18,21-23H2,1H3,(H,34,40)/t31-/m0/s1. The highest BCUT2D eigenvalue weighted by atomic mass is 16.7. The molecule has 0 aliphatic heterocycles. The lowest BCUT2D eigenvalue weighted by atomic mass is 10.1. The minimum Gasteiger partial charge on any atom is -0.508 e. The largest absolute Gasteiger partial charge is 0.508 e. The second-order valence-electron chi connectivity index (χ2n) is 9.84. The maximum absolute atomic E-state index is 12.8. The van der Waals surface area contributed by atoms with Gasteiger partial charge in [-0.1, -0.05) is 36.4 Å². The van der Waals surface area contributed by atoms with Crippen molar-refractivity contribution in [2.24, 2.45) is 0 Å². The zero-order valence-corrected chi connectivity index (χ0v) is 24.4. The van der Waals surface area contributed by atoms with Gasteiger partial charge in [0.2, 0.25) is 0 Å². The van der Waals surface area contributed by atoms with Crippen molar-refractivity contribution >= 4 is 23.4 Å². The number of hydroxylamine groups is 1. The van der Waals surface area contributed by atoms with Crippen LogP contribution in [0.5, 0.6) is 5.75 Å². The lowest BCUT2D eigenvalue weighted by molar-refractivity contribution is -0.141. The molecule has 1 atom stereocenters. The normalized spacial score (nSPS) is 11.6.